The number of carboxylic acids is 1. The average Bonchev–Trinajstić information content (AvgIpc) is 2.51. The van der Waals surface area contributed by atoms with E-state index in [4.69, 9.17) is 5.11 Å². The lowest BCUT2D eigenvalue weighted by Gasteiger charge is -2.17. The Balaban J connectivity index is 2.81. The molecule has 6 nitrogen and oxygen atoms in total. The molecule has 0 radical (unpaired) electrons. The number of aromatic nitrogens is 2. The molecule has 0 fully saturated rings. The zero-order chi connectivity index (χ0) is 11.6. The normalized spacial score (nSPS) is 11.1. The molecule has 1 heterocycles. The first-order chi connectivity index (χ1) is 6.85. The molecule has 0 bridgehead atoms. The van der Waals surface area contributed by atoms with Crippen LogP contribution in [0.1, 0.15) is 13.8 Å². The van der Waals surface area contributed by atoms with Crippen LogP contribution in [0.2, 0.25) is 0 Å². The summed E-state index contributed by atoms with van der Waals surface area (Å²) in [5.41, 5.74) is -1.47. The molecule has 0 saturated heterocycles. The quantitative estimate of drug-likeness (QED) is 0.712. The van der Waals surface area contributed by atoms with Crippen LogP contribution in [0, 0.1) is 5.41 Å². The minimum atomic E-state index is -1.47. The Kier molecular flexibility index (Phi) is 2.78. The topological polar surface area (TPSA) is 84.2 Å². The van der Waals surface area contributed by atoms with Crippen molar-refractivity contribution in [2.75, 3.05) is 5.32 Å². The minimum absolute atomic E-state index is 0.328. The lowest BCUT2D eigenvalue weighted by Crippen LogP contribution is -2.38. The van der Waals surface area contributed by atoms with E-state index in [-0.39, 0.29) is 0 Å². The van der Waals surface area contributed by atoms with Crippen LogP contribution >= 0.6 is 0 Å². The molecule has 1 amide bonds. The standard InChI is InChI=1S/C9H13N3O3/c1-9(2,7(14)15)6(13)11-8-10-4-5-12(8)3/h4-5H,1-3H3,(H,14,15)(H,10,11,13). The summed E-state index contributed by atoms with van der Waals surface area (Å²) < 4.78 is 1.59. The molecule has 1 rings (SSSR count). The Hall–Kier alpha value is -1.85. The predicted molar refractivity (Wildman–Crippen MR) is 53.3 cm³/mol. The highest BCUT2D eigenvalue weighted by atomic mass is 16.4. The number of rotatable bonds is 3. The number of amides is 1. The number of aliphatic carboxylic acids is 1. The van der Waals surface area contributed by atoms with E-state index in [2.05, 4.69) is 10.3 Å². The number of imidazole rings is 1. The third kappa shape index (κ3) is 2.15. The molecule has 0 atom stereocenters. The Morgan fingerprint density at radius 2 is 2.13 bits per heavy atom. The highest BCUT2D eigenvalue weighted by Crippen LogP contribution is 2.17. The van der Waals surface area contributed by atoms with Gasteiger partial charge < -0.3 is 9.67 Å². The van der Waals surface area contributed by atoms with Gasteiger partial charge in [0.05, 0.1) is 0 Å². The van der Waals surface area contributed by atoms with E-state index >= 15 is 0 Å². The minimum Gasteiger partial charge on any atom is -0.480 e. The van der Waals surface area contributed by atoms with E-state index in [1.807, 2.05) is 0 Å². The van der Waals surface area contributed by atoms with Gasteiger partial charge in [-0.3, -0.25) is 14.9 Å². The van der Waals surface area contributed by atoms with Gasteiger partial charge in [0.2, 0.25) is 11.9 Å². The summed E-state index contributed by atoms with van der Waals surface area (Å²) in [6.07, 6.45) is 3.17. The van der Waals surface area contributed by atoms with Crippen LogP contribution in [0.5, 0.6) is 0 Å². The zero-order valence-electron chi connectivity index (χ0n) is 8.81. The molecule has 1 aromatic heterocycles. The van der Waals surface area contributed by atoms with E-state index in [1.165, 1.54) is 20.0 Å². The molecule has 82 valence electrons. The first-order valence-electron chi connectivity index (χ1n) is 4.38. The molecule has 0 unspecified atom stereocenters. The lowest BCUT2D eigenvalue weighted by molar-refractivity contribution is -0.151. The predicted octanol–water partition coefficient (Wildman–Crippen LogP) is 0.469. The van der Waals surface area contributed by atoms with Crippen LogP contribution in [0.25, 0.3) is 0 Å². The average molecular weight is 211 g/mol. The van der Waals surface area contributed by atoms with Crippen molar-refractivity contribution in [3.63, 3.8) is 0 Å². The van der Waals surface area contributed by atoms with Crippen molar-refractivity contribution in [1.82, 2.24) is 9.55 Å². The Morgan fingerprint density at radius 1 is 1.53 bits per heavy atom. The van der Waals surface area contributed by atoms with Gasteiger partial charge in [-0.1, -0.05) is 0 Å². The van der Waals surface area contributed by atoms with Gasteiger partial charge in [0, 0.05) is 19.4 Å². The van der Waals surface area contributed by atoms with Crippen LogP contribution in [-0.2, 0) is 16.6 Å². The molecule has 0 spiro atoms. The van der Waals surface area contributed by atoms with E-state index < -0.39 is 17.3 Å². The number of hydrogen-bond donors (Lipinski definition) is 2. The SMILES string of the molecule is Cn1ccnc1NC(=O)C(C)(C)C(=O)O. The van der Waals surface area contributed by atoms with Crippen molar-refractivity contribution in [2.24, 2.45) is 12.5 Å². The van der Waals surface area contributed by atoms with Gasteiger partial charge >= 0.3 is 5.97 Å². The molecular weight excluding hydrogens is 198 g/mol. The second kappa shape index (κ2) is 3.72. The molecule has 2 N–H and O–H groups in total. The highest BCUT2D eigenvalue weighted by molar-refractivity contribution is 6.06. The van der Waals surface area contributed by atoms with Gasteiger partial charge in [0.25, 0.3) is 0 Å². The third-order valence-corrected chi connectivity index (χ3v) is 2.15. The summed E-state index contributed by atoms with van der Waals surface area (Å²) in [4.78, 5) is 26.2. The Bertz CT molecular complexity index is 395. The molecule has 0 aliphatic carbocycles. The molecule has 0 aliphatic rings. The molecule has 0 aliphatic heterocycles. The second-order valence-electron chi connectivity index (χ2n) is 3.75. The highest BCUT2D eigenvalue weighted by Gasteiger charge is 2.36. The first kappa shape index (κ1) is 11.2. The van der Waals surface area contributed by atoms with E-state index in [0.29, 0.717) is 5.95 Å². The van der Waals surface area contributed by atoms with Crippen molar-refractivity contribution < 1.29 is 14.7 Å². The van der Waals surface area contributed by atoms with Crippen LogP contribution in [0.4, 0.5) is 5.95 Å². The van der Waals surface area contributed by atoms with Crippen molar-refractivity contribution in [3.8, 4) is 0 Å². The third-order valence-electron chi connectivity index (χ3n) is 2.15. The molecule has 0 aromatic carbocycles. The van der Waals surface area contributed by atoms with Crippen molar-refractivity contribution >= 4 is 17.8 Å². The maximum atomic E-state index is 11.6. The number of carboxylic acid groups (broad SMARTS) is 1. The van der Waals surface area contributed by atoms with Crippen LogP contribution in [0.3, 0.4) is 0 Å². The van der Waals surface area contributed by atoms with Gasteiger partial charge in [0.15, 0.2) is 0 Å². The first-order valence-corrected chi connectivity index (χ1v) is 4.38. The summed E-state index contributed by atoms with van der Waals surface area (Å²) in [5.74, 6) is -1.44. The number of nitrogens with one attached hydrogen (secondary N) is 1. The monoisotopic (exact) mass is 211 g/mol. The maximum Gasteiger partial charge on any atom is 0.318 e. The maximum absolute atomic E-state index is 11.6. The summed E-state index contributed by atoms with van der Waals surface area (Å²) in [5, 5.41) is 11.3. The summed E-state index contributed by atoms with van der Waals surface area (Å²) >= 11 is 0. The summed E-state index contributed by atoms with van der Waals surface area (Å²) in [7, 11) is 1.70. The fourth-order valence-corrected chi connectivity index (χ4v) is 0.841. The summed E-state index contributed by atoms with van der Waals surface area (Å²) in [6.45, 7) is 2.68. The van der Waals surface area contributed by atoms with Crippen molar-refractivity contribution in [3.05, 3.63) is 12.4 Å². The fourth-order valence-electron chi connectivity index (χ4n) is 0.841. The van der Waals surface area contributed by atoms with Gasteiger partial charge in [-0.2, -0.15) is 0 Å². The lowest BCUT2D eigenvalue weighted by atomic mass is 9.93. The van der Waals surface area contributed by atoms with Crippen molar-refractivity contribution in [2.45, 2.75) is 13.8 Å². The van der Waals surface area contributed by atoms with Gasteiger partial charge in [-0.25, -0.2) is 4.98 Å². The molecule has 0 saturated carbocycles. The van der Waals surface area contributed by atoms with Crippen molar-refractivity contribution in [1.29, 1.82) is 0 Å². The smallest absolute Gasteiger partial charge is 0.318 e. The second-order valence-corrected chi connectivity index (χ2v) is 3.75. The Labute approximate surface area is 86.9 Å². The van der Waals surface area contributed by atoms with Gasteiger partial charge in [-0.05, 0) is 13.8 Å². The largest absolute Gasteiger partial charge is 0.480 e. The molecule has 1 aromatic rings. The molecule has 6 heteroatoms. The number of carbonyl (C=O) groups is 2. The molecular formula is C9H13N3O3. The van der Waals surface area contributed by atoms with E-state index in [9.17, 15) is 9.59 Å². The number of anilines is 1. The number of nitrogens with zero attached hydrogens (tertiary/aromatic N) is 2. The van der Waals surface area contributed by atoms with E-state index in [0.717, 1.165) is 0 Å². The fraction of sp³-hybridized carbons (Fsp3) is 0.444. The van der Waals surface area contributed by atoms with Crippen LogP contribution in [0.15, 0.2) is 12.4 Å². The van der Waals surface area contributed by atoms with Gasteiger partial charge in [0.1, 0.15) is 5.41 Å². The number of carbonyl (C=O) groups excluding carboxylic acids is 1. The van der Waals surface area contributed by atoms with Crippen LogP contribution in [-0.4, -0.2) is 26.5 Å². The number of aryl methyl sites for hydroxylation is 1. The number of hydrogen-bond acceptors (Lipinski definition) is 3. The molecule has 15 heavy (non-hydrogen) atoms. The zero-order valence-corrected chi connectivity index (χ0v) is 8.81. The summed E-state index contributed by atoms with van der Waals surface area (Å²) in [6, 6.07) is 0. The van der Waals surface area contributed by atoms with Crippen LogP contribution < -0.4 is 5.32 Å². The van der Waals surface area contributed by atoms with E-state index in [1.54, 1.807) is 17.8 Å². The Morgan fingerprint density at radius 3 is 2.53 bits per heavy atom. The van der Waals surface area contributed by atoms with Gasteiger partial charge in [-0.15, -0.1) is 0 Å².